The Kier molecular flexibility index (Phi) is 3.66. The molecule has 0 unspecified atom stereocenters. The fourth-order valence-corrected chi connectivity index (χ4v) is 1.69. The average Bonchev–Trinajstić information content (AvgIpc) is 2.43. The monoisotopic (exact) mass is 289 g/mol. The van der Waals surface area contributed by atoms with E-state index in [0.717, 1.165) is 24.3 Å². The molecule has 0 atom stereocenters. The minimum atomic E-state index is -1.34. The van der Waals surface area contributed by atoms with Crippen LogP contribution in [-0.2, 0) is 0 Å². The van der Waals surface area contributed by atoms with Crippen LogP contribution >= 0.6 is 0 Å². The number of hydrogen-bond acceptors (Lipinski definition) is 5. The smallest absolute Gasteiger partial charge is 0.339 e. The van der Waals surface area contributed by atoms with Crippen LogP contribution in [0, 0.1) is 0 Å². The first kappa shape index (κ1) is 14.2. The molecule has 0 saturated carbocycles. The van der Waals surface area contributed by atoms with Crippen LogP contribution in [0.2, 0.25) is 0 Å². The van der Waals surface area contributed by atoms with Gasteiger partial charge in [-0.25, -0.2) is 4.79 Å². The molecule has 0 radical (unpaired) electrons. The lowest BCUT2D eigenvalue weighted by atomic mass is 10.1. The summed E-state index contributed by atoms with van der Waals surface area (Å²) < 4.78 is 0. The fourth-order valence-electron chi connectivity index (χ4n) is 1.69. The third-order valence-electron chi connectivity index (χ3n) is 2.71. The molecule has 0 fully saturated rings. The lowest BCUT2D eigenvalue weighted by Gasteiger charge is -2.08. The lowest BCUT2D eigenvalue weighted by molar-refractivity contribution is 0.0693. The first-order chi connectivity index (χ1) is 9.88. The van der Waals surface area contributed by atoms with Gasteiger partial charge in [-0.3, -0.25) is 4.79 Å². The number of hydrogen-bond donors (Lipinski definition) is 5. The van der Waals surface area contributed by atoms with Gasteiger partial charge in [0.05, 0.1) is 5.56 Å². The van der Waals surface area contributed by atoms with Crippen LogP contribution in [0.3, 0.4) is 0 Å². The van der Waals surface area contributed by atoms with Gasteiger partial charge in [-0.15, -0.1) is 0 Å². The number of phenols is 3. The Labute approximate surface area is 118 Å². The molecule has 0 bridgehead atoms. The van der Waals surface area contributed by atoms with Crippen LogP contribution < -0.4 is 5.32 Å². The highest BCUT2D eigenvalue weighted by molar-refractivity contribution is 6.07. The van der Waals surface area contributed by atoms with Crippen LogP contribution in [0.1, 0.15) is 20.7 Å². The first-order valence-electron chi connectivity index (χ1n) is 5.78. The van der Waals surface area contributed by atoms with Gasteiger partial charge in [0, 0.05) is 5.69 Å². The van der Waals surface area contributed by atoms with E-state index < -0.39 is 17.6 Å². The normalized spacial score (nSPS) is 10.1. The van der Waals surface area contributed by atoms with Gasteiger partial charge < -0.3 is 25.7 Å². The molecule has 2 aromatic rings. The summed E-state index contributed by atoms with van der Waals surface area (Å²) in [5, 5.41) is 39.5. The van der Waals surface area contributed by atoms with Gasteiger partial charge in [0.1, 0.15) is 22.8 Å². The molecule has 2 aromatic carbocycles. The predicted octanol–water partition coefficient (Wildman–Crippen LogP) is 1.75. The standard InChI is InChI=1S/C14H11NO6/c16-8-2-4-11(17)9(6-8)13(19)15-7-1-3-12(18)10(5-7)14(20)21/h1-6,16-18H,(H,15,19)(H,20,21). The Balaban J connectivity index is 2.29. The minimum Gasteiger partial charge on any atom is -0.508 e. The van der Waals surface area contributed by atoms with Gasteiger partial charge in [-0.1, -0.05) is 0 Å². The average molecular weight is 289 g/mol. The third kappa shape index (κ3) is 3.03. The number of carboxylic acid groups (broad SMARTS) is 1. The number of anilines is 1. The van der Waals surface area contributed by atoms with Crippen molar-refractivity contribution in [1.29, 1.82) is 0 Å². The van der Waals surface area contributed by atoms with E-state index in [9.17, 15) is 24.9 Å². The van der Waals surface area contributed by atoms with Gasteiger partial charge in [-0.05, 0) is 36.4 Å². The van der Waals surface area contributed by atoms with Crippen molar-refractivity contribution in [2.24, 2.45) is 0 Å². The molecule has 0 aliphatic rings. The molecular formula is C14H11NO6. The molecule has 0 aliphatic heterocycles. The summed E-state index contributed by atoms with van der Waals surface area (Å²) in [4.78, 5) is 22.8. The van der Waals surface area contributed by atoms with Crippen LogP contribution in [0.15, 0.2) is 36.4 Å². The Morgan fingerprint density at radius 3 is 2.14 bits per heavy atom. The maximum Gasteiger partial charge on any atom is 0.339 e. The van der Waals surface area contributed by atoms with Crippen molar-refractivity contribution < 1.29 is 30.0 Å². The number of carbonyl (C=O) groups excluding carboxylic acids is 1. The minimum absolute atomic E-state index is 0.123. The largest absolute Gasteiger partial charge is 0.508 e. The number of carboxylic acids is 1. The molecule has 5 N–H and O–H groups in total. The molecule has 2 rings (SSSR count). The van der Waals surface area contributed by atoms with Crippen molar-refractivity contribution in [3.05, 3.63) is 47.5 Å². The van der Waals surface area contributed by atoms with Crippen LogP contribution in [-0.4, -0.2) is 32.3 Å². The zero-order valence-electron chi connectivity index (χ0n) is 10.6. The third-order valence-corrected chi connectivity index (χ3v) is 2.71. The fraction of sp³-hybridized carbons (Fsp3) is 0. The number of amides is 1. The summed E-state index contributed by atoms with van der Waals surface area (Å²) in [5.74, 6) is -3.03. The van der Waals surface area contributed by atoms with Gasteiger partial charge in [-0.2, -0.15) is 0 Å². The van der Waals surface area contributed by atoms with Crippen LogP contribution in [0.25, 0.3) is 0 Å². The molecule has 0 saturated heterocycles. The van der Waals surface area contributed by atoms with E-state index in [1.165, 1.54) is 12.1 Å². The predicted molar refractivity (Wildman–Crippen MR) is 72.8 cm³/mol. The van der Waals surface area contributed by atoms with E-state index in [4.69, 9.17) is 5.11 Å². The van der Waals surface area contributed by atoms with E-state index in [-0.39, 0.29) is 28.3 Å². The molecule has 0 aromatic heterocycles. The highest BCUT2D eigenvalue weighted by atomic mass is 16.4. The summed E-state index contributed by atoms with van der Waals surface area (Å²) in [6, 6.07) is 6.96. The van der Waals surface area contributed by atoms with Crippen LogP contribution in [0.5, 0.6) is 17.2 Å². The second kappa shape index (κ2) is 5.41. The number of phenolic OH excluding ortho intramolecular Hbond substituents is 2. The summed E-state index contributed by atoms with van der Waals surface area (Å²) in [5.41, 5.74) is -0.411. The summed E-state index contributed by atoms with van der Waals surface area (Å²) >= 11 is 0. The maximum absolute atomic E-state index is 12.0. The lowest BCUT2D eigenvalue weighted by Crippen LogP contribution is -2.12. The Bertz CT molecular complexity index is 725. The molecule has 0 heterocycles. The molecule has 108 valence electrons. The summed E-state index contributed by atoms with van der Waals surface area (Å²) in [6.45, 7) is 0. The number of rotatable bonds is 3. The van der Waals surface area contributed by atoms with E-state index in [1.54, 1.807) is 0 Å². The highest BCUT2D eigenvalue weighted by Crippen LogP contribution is 2.25. The van der Waals surface area contributed by atoms with Gasteiger partial charge in [0.15, 0.2) is 0 Å². The van der Waals surface area contributed by atoms with Crippen molar-refractivity contribution in [2.75, 3.05) is 5.32 Å². The van der Waals surface area contributed by atoms with E-state index in [0.29, 0.717) is 0 Å². The molecular weight excluding hydrogens is 278 g/mol. The van der Waals surface area contributed by atoms with Gasteiger partial charge >= 0.3 is 5.97 Å². The van der Waals surface area contributed by atoms with Crippen molar-refractivity contribution in [2.45, 2.75) is 0 Å². The SMILES string of the molecule is O=C(O)c1cc(NC(=O)c2cc(O)ccc2O)ccc1O. The number of aromatic hydroxyl groups is 3. The first-order valence-corrected chi connectivity index (χ1v) is 5.78. The zero-order chi connectivity index (χ0) is 15.6. The van der Waals surface area contributed by atoms with Crippen molar-refractivity contribution in [3.8, 4) is 17.2 Å². The molecule has 7 nitrogen and oxygen atoms in total. The Morgan fingerprint density at radius 1 is 0.857 bits per heavy atom. The molecule has 7 heteroatoms. The van der Waals surface area contributed by atoms with Crippen molar-refractivity contribution in [3.63, 3.8) is 0 Å². The van der Waals surface area contributed by atoms with E-state index >= 15 is 0 Å². The van der Waals surface area contributed by atoms with Crippen molar-refractivity contribution >= 4 is 17.6 Å². The van der Waals surface area contributed by atoms with Crippen LogP contribution in [0.4, 0.5) is 5.69 Å². The second-order valence-corrected chi connectivity index (χ2v) is 4.19. The maximum atomic E-state index is 12.0. The second-order valence-electron chi connectivity index (χ2n) is 4.19. The summed E-state index contributed by atoms with van der Waals surface area (Å²) in [6.07, 6.45) is 0. The van der Waals surface area contributed by atoms with E-state index in [1.807, 2.05) is 0 Å². The number of nitrogens with one attached hydrogen (secondary N) is 1. The van der Waals surface area contributed by atoms with E-state index in [2.05, 4.69) is 5.32 Å². The molecule has 0 spiro atoms. The number of benzene rings is 2. The van der Waals surface area contributed by atoms with Crippen molar-refractivity contribution in [1.82, 2.24) is 0 Å². The van der Waals surface area contributed by atoms with Gasteiger partial charge in [0.2, 0.25) is 0 Å². The quantitative estimate of drug-likeness (QED) is 0.548. The molecule has 1 amide bonds. The molecule has 0 aliphatic carbocycles. The number of aromatic carboxylic acids is 1. The number of carbonyl (C=O) groups is 2. The topological polar surface area (TPSA) is 127 Å². The highest BCUT2D eigenvalue weighted by Gasteiger charge is 2.15. The van der Waals surface area contributed by atoms with Gasteiger partial charge in [0.25, 0.3) is 5.91 Å². The Morgan fingerprint density at radius 2 is 1.48 bits per heavy atom. The summed E-state index contributed by atoms with van der Waals surface area (Å²) in [7, 11) is 0. The zero-order valence-corrected chi connectivity index (χ0v) is 10.6. The Hall–Kier alpha value is -3.22. The molecule has 21 heavy (non-hydrogen) atoms.